The first kappa shape index (κ1) is 11.2. The highest BCUT2D eigenvalue weighted by Gasteiger charge is 1.79. The highest BCUT2D eigenvalue weighted by molar-refractivity contribution is 5.23. The van der Waals surface area contributed by atoms with Crippen molar-refractivity contribution in [3.8, 4) is 0 Å². The zero-order valence-electron chi connectivity index (χ0n) is 6.78. The van der Waals surface area contributed by atoms with Crippen LogP contribution in [0.25, 0.3) is 0 Å². The smallest absolute Gasteiger partial charge is 0.0419 e. The van der Waals surface area contributed by atoms with E-state index in [1.807, 2.05) is 20.8 Å². The average molecular weight is 127 g/mol. The maximum Gasteiger partial charge on any atom is 0.0419 e. The molecule has 0 aliphatic carbocycles. The van der Waals surface area contributed by atoms with Gasteiger partial charge in [-0.15, -0.1) is 6.58 Å². The fourth-order valence-electron chi connectivity index (χ4n) is 0.270. The Morgan fingerprint density at radius 3 is 2.00 bits per heavy atom. The first-order valence-electron chi connectivity index (χ1n) is 3.34. The molecule has 0 bridgehead atoms. The Hall–Kier alpha value is -0.590. The van der Waals surface area contributed by atoms with Gasteiger partial charge in [-0.1, -0.05) is 19.4 Å². The molecule has 1 nitrogen and oxygen atoms in total. The summed E-state index contributed by atoms with van der Waals surface area (Å²) in [6, 6.07) is 0. The summed E-state index contributed by atoms with van der Waals surface area (Å²) in [6.45, 7) is 13.9. The number of aliphatic imine (C=N–C) groups is 1. The highest BCUT2D eigenvalue weighted by Crippen LogP contribution is 1.92. The van der Waals surface area contributed by atoms with Crippen LogP contribution >= 0.6 is 0 Å². The van der Waals surface area contributed by atoms with Crippen molar-refractivity contribution in [2.45, 2.75) is 27.2 Å². The molecule has 0 atom stereocenters. The molecule has 0 aromatic rings. The zero-order chi connectivity index (χ0) is 7.70. The molecule has 0 aromatic carbocycles. The van der Waals surface area contributed by atoms with Gasteiger partial charge in [0.2, 0.25) is 0 Å². The van der Waals surface area contributed by atoms with Gasteiger partial charge in [-0.3, -0.25) is 0 Å². The molecule has 0 saturated heterocycles. The summed E-state index contributed by atoms with van der Waals surface area (Å²) in [5.74, 6) is 0. The van der Waals surface area contributed by atoms with Gasteiger partial charge in [-0.2, -0.15) is 0 Å². The normalized spacial score (nSPS) is 7.00. The van der Waals surface area contributed by atoms with E-state index in [4.69, 9.17) is 0 Å². The number of hydrogen-bond acceptors (Lipinski definition) is 1. The van der Waals surface area contributed by atoms with Crippen molar-refractivity contribution in [1.29, 1.82) is 0 Å². The molecule has 0 aliphatic rings. The number of rotatable bonds is 3. The van der Waals surface area contributed by atoms with E-state index < -0.39 is 0 Å². The summed E-state index contributed by atoms with van der Waals surface area (Å²) in [6.07, 6.45) is 0.976. The topological polar surface area (TPSA) is 12.4 Å². The molecule has 9 heavy (non-hydrogen) atoms. The Balaban J connectivity index is 0. The second-order valence-corrected chi connectivity index (χ2v) is 1.65. The minimum Gasteiger partial charge on any atom is -0.301 e. The summed E-state index contributed by atoms with van der Waals surface area (Å²) in [5.41, 5.74) is 1.17. The summed E-state index contributed by atoms with van der Waals surface area (Å²) in [4.78, 5) is 3.66. The highest BCUT2D eigenvalue weighted by atomic mass is 14.7. The Labute approximate surface area is 58.5 Å². The zero-order valence-corrected chi connectivity index (χ0v) is 6.78. The van der Waals surface area contributed by atoms with Crippen molar-refractivity contribution in [3.05, 3.63) is 12.2 Å². The van der Waals surface area contributed by atoms with Crippen LogP contribution in [-0.4, -0.2) is 13.3 Å². The van der Waals surface area contributed by atoms with Crippen molar-refractivity contribution in [2.24, 2.45) is 4.99 Å². The van der Waals surface area contributed by atoms with Crippen molar-refractivity contribution >= 4 is 6.72 Å². The second kappa shape index (κ2) is 10.4. The molecule has 0 fully saturated rings. The molecular weight excluding hydrogens is 110 g/mol. The first-order chi connectivity index (χ1) is 4.27. The molecule has 54 valence electrons. The maximum absolute atomic E-state index is 3.70. The molecule has 1 heteroatoms. The molecule has 0 aliphatic heterocycles. The molecule has 0 amide bonds. The SMILES string of the molecule is C=NCCC(=C)C.CC. The molecule has 0 spiro atoms. The van der Waals surface area contributed by atoms with Gasteiger partial charge >= 0.3 is 0 Å². The lowest BCUT2D eigenvalue weighted by Gasteiger charge is -1.88. The van der Waals surface area contributed by atoms with Gasteiger partial charge in [-0.05, 0) is 20.1 Å². The van der Waals surface area contributed by atoms with Crippen LogP contribution in [0.1, 0.15) is 27.2 Å². The summed E-state index contributed by atoms with van der Waals surface area (Å²) >= 11 is 0. The van der Waals surface area contributed by atoms with Crippen molar-refractivity contribution in [2.75, 3.05) is 6.54 Å². The van der Waals surface area contributed by atoms with E-state index in [1.54, 1.807) is 0 Å². The Morgan fingerprint density at radius 2 is 1.89 bits per heavy atom. The largest absolute Gasteiger partial charge is 0.301 e. The quantitative estimate of drug-likeness (QED) is 0.408. The lowest BCUT2D eigenvalue weighted by molar-refractivity contribution is 0.963. The van der Waals surface area contributed by atoms with E-state index >= 15 is 0 Å². The van der Waals surface area contributed by atoms with Crippen LogP contribution in [0, 0.1) is 0 Å². The Kier molecular flexibility index (Phi) is 13.0. The predicted molar refractivity (Wildman–Crippen MR) is 45.2 cm³/mol. The van der Waals surface area contributed by atoms with Gasteiger partial charge in [-0.25, -0.2) is 0 Å². The summed E-state index contributed by atoms with van der Waals surface area (Å²) in [5, 5.41) is 0. The third-order valence-electron chi connectivity index (χ3n) is 0.697. The first-order valence-corrected chi connectivity index (χ1v) is 3.34. The van der Waals surface area contributed by atoms with E-state index in [0.29, 0.717) is 0 Å². The fraction of sp³-hybridized carbons (Fsp3) is 0.625. The van der Waals surface area contributed by atoms with Crippen LogP contribution in [-0.2, 0) is 0 Å². The van der Waals surface area contributed by atoms with Gasteiger partial charge in [0.1, 0.15) is 0 Å². The third-order valence-corrected chi connectivity index (χ3v) is 0.697. The Bertz CT molecular complexity index is 74.6. The van der Waals surface area contributed by atoms with E-state index in [0.717, 1.165) is 13.0 Å². The van der Waals surface area contributed by atoms with Gasteiger partial charge in [0.15, 0.2) is 0 Å². The van der Waals surface area contributed by atoms with Crippen LogP contribution < -0.4 is 0 Å². The van der Waals surface area contributed by atoms with E-state index in [9.17, 15) is 0 Å². The van der Waals surface area contributed by atoms with Gasteiger partial charge in [0.05, 0.1) is 0 Å². The predicted octanol–water partition coefficient (Wildman–Crippen LogP) is 2.68. The van der Waals surface area contributed by atoms with Crippen LogP contribution in [0.5, 0.6) is 0 Å². The maximum atomic E-state index is 3.70. The van der Waals surface area contributed by atoms with Crippen LogP contribution in [0.3, 0.4) is 0 Å². The minimum absolute atomic E-state index is 0.815. The molecule has 0 saturated carbocycles. The fourth-order valence-corrected chi connectivity index (χ4v) is 0.270. The average Bonchev–Trinajstić information content (AvgIpc) is 1.88. The van der Waals surface area contributed by atoms with Gasteiger partial charge < -0.3 is 4.99 Å². The van der Waals surface area contributed by atoms with Crippen molar-refractivity contribution in [1.82, 2.24) is 0 Å². The van der Waals surface area contributed by atoms with Crippen LogP contribution in [0.4, 0.5) is 0 Å². The van der Waals surface area contributed by atoms with Gasteiger partial charge in [0.25, 0.3) is 0 Å². The third kappa shape index (κ3) is 18.7. The van der Waals surface area contributed by atoms with E-state index in [2.05, 4.69) is 18.3 Å². The lowest BCUT2D eigenvalue weighted by Crippen LogP contribution is -1.77. The number of hydrogen-bond donors (Lipinski definition) is 0. The van der Waals surface area contributed by atoms with Gasteiger partial charge in [0, 0.05) is 6.54 Å². The second-order valence-electron chi connectivity index (χ2n) is 1.65. The van der Waals surface area contributed by atoms with Crippen molar-refractivity contribution in [3.63, 3.8) is 0 Å². The van der Waals surface area contributed by atoms with E-state index in [1.165, 1.54) is 5.57 Å². The standard InChI is InChI=1S/C6H11N.C2H6/c1-6(2)4-5-7-3;1-2/h1,3-5H2,2H3;1-2H3. The summed E-state index contributed by atoms with van der Waals surface area (Å²) < 4.78 is 0. The van der Waals surface area contributed by atoms with Crippen LogP contribution in [0.2, 0.25) is 0 Å². The summed E-state index contributed by atoms with van der Waals surface area (Å²) in [7, 11) is 0. The Morgan fingerprint density at radius 1 is 1.44 bits per heavy atom. The monoisotopic (exact) mass is 127 g/mol. The molecule has 0 unspecified atom stereocenters. The molecule has 0 heterocycles. The minimum atomic E-state index is 0.815. The number of nitrogens with zero attached hydrogens (tertiary/aromatic N) is 1. The molecule has 0 rings (SSSR count). The van der Waals surface area contributed by atoms with Crippen molar-refractivity contribution < 1.29 is 0 Å². The molecule has 0 N–H and O–H groups in total. The van der Waals surface area contributed by atoms with Crippen LogP contribution in [0.15, 0.2) is 17.1 Å². The van der Waals surface area contributed by atoms with E-state index in [-0.39, 0.29) is 0 Å². The molecule has 0 aromatic heterocycles. The molecule has 0 radical (unpaired) electrons. The lowest BCUT2D eigenvalue weighted by atomic mass is 10.2. The molecular formula is C8H17N.